The van der Waals surface area contributed by atoms with Crippen LogP contribution in [0.4, 0.5) is 5.69 Å². The molecule has 3 heterocycles. The minimum absolute atomic E-state index is 0.497. The molecule has 0 radical (unpaired) electrons. The molecule has 3 rings (SSSR count). The van der Waals surface area contributed by atoms with Gasteiger partial charge in [-0.15, -0.1) is 0 Å². The summed E-state index contributed by atoms with van der Waals surface area (Å²) in [6.45, 7) is 8.15. The maximum absolute atomic E-state index is 5.92. The second kappa shape index (κ2) is 9.97. The average molecular weight is 348 g/mol. The molecule has 0 spiro atoms. The predicted octanol–water partition coefficient (Wildman–Crippen LogP) is 3.25. The topological polar surface area (TPSA) is 46.6 Å². The second-order valence-corrected chi connectivity index (χ2v) is 7.36. The van der Waals surface area contributed by atoms with E-state index in [1.807, 2.05) is 12.4 Å². The van der Waals surface area contributed by atoms with Gasteiger partial charge in [-0.3, -0.25) is 4.98 Å². The van der Waals surface area contributed by atoms with E-state index in [-0.39, 0.29) is 0 Å². The Morgan fingerprint density at radius 2 is 2.12 bits per heavy atom. The highest BCUT2D eigenvalue weighted by molar-refractivity contribution is 5.50. The third kappa shape index (κ3) is 5.86. The zero-order valence-corrected chi connectivity index (χ0v) is 15.6. The maximum Gasteiger partial charge on any atom is 0.139 e. The number of ether oxygens (including phenoxy) is 2. The smallest absolute Gasteiger partial charge is 0.139 e. The van der Waals surface area contributed by atoms with E-state index in [9.17, 15) is 0 Å². The van der Waals surface area contributed by atoms with Crippen molar-refractivity contribution in [3.8, 4) is 5.75 Å². The Balaban J connectivity index is 1.32. The van der Waals surface area contributed by atoms with Gasteiger partial charge in [0.2, 0.25) is 0 Å². The van der Waals surface area contributed by atoms with Gasteiger partial charge in [-0.25, -0.2) is 0 Å². The average Bonchev–Trinajstić information content (AvgIpc) is 3.11. The first-order valence-electron chi connectivity index (χ1n) is 9.99. The molecule has 2 saturated heterocycles. The van der Waals surface area contributed by atoms with E-state index >= 15 is 0 Å². The van der Waals surface area contributed by atoms with Crippen LogP contribution in [0.15, 0.2) is 18.5 Å². The van der Waals surface area contributed by atoms with E-state index in [4.69, 9.17) is 9.47 Å². The standard InChI is InChI=1S/C20H33N3O2/c1-2-3-9-24-10-5-6-17-14-23(15-17)19-11-20(13-21-12-19)25-16-18-7-4-8-22-18/h11-13,17-18,22H,2-10,14-16H2,1H3/t18-/m0/s1. The van der Waals surface area contributed by atoms with E-state index < -0.39 is 0 Å². The maximum atomic E-state index is 5.92. The van der Waals surface area contributed by atoms with Gasteiger partial charge < -0.3 is 19.7 Å². The van der Waals surface area contributed by atoms with Crippen molar-refractivity contribution in [2.45, 2.75) is 51.5 Å². The van der Waals surface area contributed by atoms with Crippen molar-refractivity contribution in [2.75, 3.05) is 44.4 Å². The van der Waals surface area contributed by atoms with E-state index in [1.165, 1.54) is 44.2 Å². The van der Waals surface area contributed by atoms with Crippen LogP contribution in [0.1, 0.15) is 45.4 Å². The highest BCUT2D eigenvalue weighted by Gasteiger charge is 2.26. The van der Waals surface area contributed by atoms with Gasteiger partial charge in [-0.05, 0) is 44.6 Å². The minimum Gasteiger partial charge on any atom is -0.490 e. The van der Waals surface area contributed by atoms with E-state index in [1.54, 1.807) is 0 Å². The normalized spacial score (nSPS) is 20.7. The first-order chi connectivity index (χ1) is 12.3. The number of rotatable bonds is 11. The Morgan fingerprint density at radius 3 is 2.92 bits per heavy atom. The number of pyridine rings is 1. The molecule has 5 nitrogen and oxygen atoms in total. The Bertz CT molecular complexity index is 499. The quantitative estimate of drug-likeness (QED) is 0.623. The summed E-state index contributed by atoms with van der Waals surface area (Å²) in [5.74, 6) is 1.68. The van der Waals surface area contributed by atoms with Crippen molar-refractivity contribution < 1.29 is 9.47 Å². The van der Waals surface area contributed by atoms with Crippen molar-refractivity contribution in [1.82, 2.24) is 10.3 Å². The monoisotopic (exact) mass is 347 g/mol. The van der Waals surface area contributed by atoms with Crippen LogP contribution in [0.5, 0.6) is 5.75 Å². The Hall–Kier alpha value is -1.33. The van der Waals surface area contributed by atoms with Crippen molar-refractivity contribution in [1.29, 1.82) is 0 Å². The van der Waals surface area contributed by atoms with Gasteiger partial charge in [0, 0.05) is 38.4 Å². The first kappa shape index (κ1) is 18.5. The second-order valence-electron chi connectivity index (χ2n) is 7.36. The summed E-state index contributed by atoms with van der Waals surface area (Å²) < 4.78 is 11.6. The molecule has 2 aliphatic rings. The summed E-state index contributed by atoms with van der Waals surface area (Å²) in [7, 11) is 0. The van der Waals surface area contributed by atoms with Crippen LogP contribution in [0.2, 0.25) is 0 Å². The molecule has 2 fully saturated rings. The molecule has 1 N–H and O–H groups in total. The lowest BCUT2D eigenvalue weighted by Gasteiger charge is -2.41. The first-order valence-corrected chi connectivity index (χ1v) is 9.99. The van der Waals surface area contributed by atoms with Crippen molar-refractivity contribution >= 4 is 5.69 Å². The molecule has 0 unspecified atom stereocenters. The lowest BCUT2D eigenvalue weighted by molar-refractivity contribution is 0.122. The van der Waals surface area contributed by atoms with Crippen LogP contribution in [0.3, 0.4) is 0 Å². The van der Waals surface area contributed by atoms with E-state index in [0.717, 1.165) is 51.1 Å². The molecule has 0 saturated carbocycles. The van der Waals surface area contributed by atoms with Crippen LogP contribution >= 0.6 is 0 Å². The molecular weight excluding hydrogens is 314 g/mol. The SMILES string of the molecule is CCCCOCCCC1CN(c2cncc(OC[C@@H]3CCCN3)c2)C1. The van der Waals surface area contributed by atoms with Crippen LogP contribution in [-0.2, 0) is 4.74 Å². The van der Waals surface area contributed by atoms with Crippen LogP contribution < -0.4 is 15.0 Å². The van der Waals surface area contributed by atoms with Gasteiger partial charge in [-0.2, -0.15) is 0 Å². The number of nitrogens with one attached hydrogen (secondary N) is 1. The van der Waals surface area contributed by atoms with Gasteiger partial charge in [0.1, 0.15) is 12.4 Å². The van der Waals surface area contributed by atoms with Crippen molar-refractivity contribution in [3.05, 3.63) is 18.5 Å². The van der Waals surface area contributed by atoms with Gasteiger partial charge >= 0.3 is 0 Å². The van der Waals surface area contributed by atoms with Crippen LogP contribution in [0.25, 0.3) is 0 Å². The highest BCUT2D eigenvalue weighted by Crippen LogP contribution is 2.29. The Labute approximate surface area is 152 Å². The molecule has 0 bridgehead atoms. The molecule has 1 atom stereocenters. The molecule has 0 aliphatic carbocycles. The van der Waals surface area contributed by atoms with Crippen molar-refractivity contribution in [3.63, 3.8) is 0 Å². The van der Waals surface area contributed by atoms with E-state index in [2.05, 4.69) is 28.2 Å². The summed E-state index contributed by atoms with van der Waals surface area (Å²) in [6.07, 6.45) is 11.1. The molecule has 5 heteroatoms. The molecule has 1 aromatic rings. The highest BCUT2D eigenvalue weighted by atomic mass is 16.5. The molecule has 0 amide bonds. The molecular formula is C20H33N3O2. The zero-order valence-electron chi connectivity index (χ0n) is 15.6. The number of hydrogen-bond donors (Lipinski definition) is 1. The van der Waals surface area contributed by atoms with Crippen molar-refractivity contribution in [2.24, 2.45) is 5.92 Å². The fourth-order valence-electron chi connectivity index (χ4n) is 3.54. The van der Waals surface area contributed by atoms with E-state index in [0.29, 0.717) is 6.04 Å². The zero-order chi connectivity index (χ0) is 17.3. The third-order valence-electron chi connectivity index (χ3n) is 5.18. The number of aromatic nitrogens is 1. The lowest BCUT2D eigenvalue weighted by Crippen LogP contribution is -2.46. The molecule has 25 heavy (non-hydrogen) atoms. The van der Waals surface area contributed by atoms with Crippen LogP contribution in [-0.4, -0.2) is 50.5 Å². The number of hydrogen-bond acceptors (Lipinski definition) is 5. The summed E-state index contributed by atoms with van der Waals surface area (Å²) >= 11 is 0. The molecule has 1 aromatic heterocycles. The summed E-state index contributed by atoms with van der Waals surface area (Å²) in [5.41, 5.74) is 1.19. The Morgan fingerprint density at radius 1 is 1.24 bits per heavy atom. The fourth-order valence-corrected chi connectivity index (χ4v) is 3.54. The molecule has 2 aliphatic heterocycles. The summed E-state index contributed by atoms with van der Waals surface area (Å²) in [4.78, 5) is 6.75. The summed E-state index contributed by atoms with van der Waals surface area (Å²) in [5, 5.41) is 3.46. The molecule has 0 aromatic carbocycles. The van der Waals surface area contributed by atoms with Gasteiger partial charge in [-0.1, -0.05) is 13.3 Å². The third-order valence-corrected chi connectivity index (χ3v) is 5.18. The summed E-state index contributed by atoms with van der Waals surface area (Å²) in [6, 6.07) is 2.63. The lowest BCUT2D eigenvalue weighted by atomic mass is 9.94. The fraction of sp³-hybridized carbons (Fsp3) is 0.750. The van der Waals surface area contributed by atoms with Gasteiger partial charge in [0.25, 0.3) is 0 Å². The molecule has 140 valence electrons. The Kier molecular flexibility index (Phi) is 7.37. The largest absolute Gasteiger partial charge is 0.490 e. The number of nitrogens with zero attached hydrogens (tertiary/aromatic N) is 2. The minimum atomic E-state index is 0.497. The predicted molar refractivity (Wildman–Crippen MR) is 101 cm³/mol. The van der Waals surface area contributed by atoms with Gasteiger partial charge in [0.05, 0.1) is 18.1 Å². The number of anilines is 1. The van der Waals surface area contributed by atoms with Crippen LogP contribution in [0, 0.1) is 5.92 Å². The number of unbranched alkanes of at least 4 members (excludes halogenated alkanes) is 1. The van der Waals surface area contributed by atoms with Gasteiger partial charge in [0.15, 0.2) is 0 Å².